The van der Waals surface area contributed by atoms with E-state index < -0.39 is 11.9 Å². The molecule has 2 aromatic carbocycles. The molecule has 122 valence electrons. The van der Waals surface area contributed by atoms with Gasteiger partial charge < -0.3 is 11.1 Å². The van der Waals surface area contributed by atoms with Gasteiger partial charge in [0, 0.05) is 23.2 Å². The van der Waals surface area contributed by atoms with Gasteiger partial charge in [-0.25, -0.2) is 5.48 Å². The highest BCUT2D eigenvalue weighted by atomic mass is 16.5. The van der Waals surface area contributed by atoms with Crippen LogP contribution >= 0.6 is 0 Å². The van der Waals surface area contributed by atoms with Gasteiger partial charge in [0.25, 0.3) is 11.8 Å². The fraction of sp³-hybridized carbons (Fsp3) is 0.111. The molecule has 2 rings (SSSR count). The molecule has 0 aromatic heterocycles. The first-order valence-corrected chi connectivity index (χ1v) is 7.25. The molecule has 5 N–H and O–H groups in total. The molecule has 1 atom stereocenters. The number of carbonyl (C=O) groups excluding carboxylic acids is 2. The van der Waals surface area contributed by atoms with E-state index in [4.69, 9.17) is 10.9 Å². The minimum atomic E-state index is -1.02. The highest BCUT2D eigenvalue weighted by Crippen LogP contribution is 2.04. The molecule has 6 heteroatoms. The van der Waals surface area contributed by atoms with Crippen LogP contribution in [0.1, 0.15) is 21.5 Å². The van der Waals surface area contributed by atoms with Gasteiger partial charge in [0.15, 0.2) is 0 Å². The highest BCUT2D eigenvalue weighted by molar-refractivity contribution is 5.94. The summed E-state index contributed by atoms with van der Waals surface area (Å²) < 4.78 is 0. The second-order valence-corrected chi connectivity index (χ2v) is 4.99. The predicted molar refractivity (Wildman–Crippen MR) is 89.1 cm³/mol. The second kappa shape index (κ2) is 8.48. The average Bonchev–Trinajstić information content (AvgIpc) is 2.64. The Morgan fingerprint density at radius 3 is 2.17 bits per heavy atom. The van der Waals surface area contributed by atoms with Gasteiger partial charge in [-0.15, -0.1) is 0 Å². The van der Waals surface area contributed by atoms with E-state index in [9.17, 15) is 9.59 Å². The van der Waals surface area contributed by atoms with Gasteiger partial charge in [-0.3, -0.25) is 14.8 Å². The van der Waals surface area contributed by atoms with Crippen molar-refractivity contribution in [2.45, 2.75) is 6.04 Å². The molecule has 0 bridgehead atoms. The third-order valence-electron chi connectivity index (χ3n) is 3.20. The van der Waals surface area contributed by atoms with Crippen molar-refractivity contribution in [3.05, 3.63) is 71.3 Å². The predicted octanol–water partition coefficient (Wildman–Crippen LogP) is 0.649. The summed E-state index contributed by atoms with van der Waals surface area (Å²) in [5.41, 5.74) is 9.02. The number of nitrogens with one attached hydrogen (secondary N) is 2. The van der Waals surface area contributed by atoms with Gasteiger partial charge in [-0.05, 0) is 36.4 Å². The number of amides is 2. The van der Waals surface area contributed by atoms with Crippen LogP contribution in [0.2, 0.25) is 0 Å². The molecule has 0 unspecified atom stereocenters. The number of hydroxylamine groups is 1. The summed E-state index contributed by atoms with van der Waals surface area (Å²) in [6.07, 6.45) is 0. The molecule has 0 heterocycles. The van der Waals surface area contributed by atoms with Crippen molar-refractivity contribution in [1.29, 1.82) is 0 Å². The SMILES string of the molecule is N[C@@H](CNC(=O)c1ccc(C#Cc2ccccc2)cc1)C(=O)NO. The molecule has 0 saturated carbocycles. The molecule has 24 heavy (non-hydrogen) atoms. The summed E-state index contributed by atoms with van der Waals surface area (Å²) in [5, 5.41) is 11.0. The molecule has 0 aliphatic heterocycles. The van der Waals surface area contributed by atoms with Crippen LogP contribution in [0.15, 0.2) is 54.6 Å². The Balaban J connectivity index is 1.95. The molecule has 2 aromatic rings. The zero-order valence-electron chi connectivity index (χ0n) is 12.8. The van der Waals surface area contributed by atoms with Crippen molar-refractivity contribution in [2.24, 2.45) is 5.73 Å². The normalized spacial score (nSPS) is 10.9. The standard InChI is InChI=1S/C18H17N3O3/c19-16(18(23)21-24)12-20-17(22)15-10-8-14(9-11-15)7-6-13-4-2-1-3-5-13/h1-5,8-11,16,24H,12,19H2,(H,20,22)(H,21,23)/t16-/m0/s1. The molecular formula is C18H17N3O3. The molecule has 0 aliphatic carbocycles. The molecular weight excluding hydrogens is 306 g/mol. The van der Waals surface area contributed by atoms with Crippen LogP contribution < -0.4 is 16.5 Å². The maximum atomic E-state index is 12.0. The smallest absolute Gasteiger partial charge is 0.262 e. The van der Waals surface area contributed by atoms with Gasteiger partial charge >= 0.3 is 0 Å². The first kappa shape index (κ1) is 17.2. The molecule has 6 nitrogen and oxygen atoms in total. The summed E-state index contributed by atoms with van der Waals surface area (Å²) in [6.45, 7) is -0.0825. The zero-order valence-corrected chi connectivity index (χ0v) is 12.8. The fourth-order valence-electron chi connectivity index (χ4n) is 1.85. The maximum Gasteiger partial charge on any atom is 0.262 e. The molecule has 0 radical (unpaired) electrons. The fourth-order valence-corrected chi connectivity index (χ4v) is 1.85. The monoisotopic (exact) mass is 323 g/mol. The zero-order chi connectivity index (χ0) is 17.4. The number of hydrogen-bond acceptors (Lipinski definition) is 4. The van der Waals surface area contributed by atoms with Crippen LogP contribution in [0.5, 0.6) is 0 Å². The summed E-state index contributed by atoms with van der Waals surface area (Å²) in [4.78, 5) is 23.0. The van der Waals surface area contributed by atoms with E-state index in [0.717, 1.165) is 11.1 Å². The van der Waals surface area contributed by atoms with Gasteiger partial charge in [0.1, 0.15) is 6.04 Å². The second-order valence-electron chi connectivity index (χ2n) is 4.99. The third kappa shape index (κ3) is 4.95. The van der Waals surface area contributed by atoms with Gasteiger partial charge in [0.05, 0.1) is 0 Å². The Bertz CT molecular complexity index is 762. The van der Waals surface area contributed by atoms with Crippen molar-refractivity contribution in [3.63, 3.8) is 0 Å². The van der Waals surface area contributed by atoms with Crippen molar-refractivity contribution < 1.29 is 14.8 Å². The van der Waals surface area contributed by atoms with Crippen LogP contribution in [-0.4, -0.2) is 29.6 Å². The Morgan fingerprint density at radius 1 is 1.00 bits per heavy atom. The topological polar surface area (TPSA) is 104 Å². The minimum absolute atomic E-state index is 0.0825. The number of hydrogen-bond donors (Lipinski definition) is 4. The first-order chi connectivity index (χ1) is 11.6. The van der Waals surface area contributed by atoms with Crippen LogP contribution in [0.25, 0.3) is 0 Å². The van der Waals surface area contributed by atoms with Crippen LogP contribution in [-0.2, 0) is 4.79 Å². The molecule has 0 aliphatic rings. The minimum Gasteiger partial charge on any atom is -0.350 e. The van der Waals surface area contributed by atoms with Crippen LogP contribution in [0.4, 0.5) is 0 Å². The van der Waals surface area contributed by atoms with Crippen LogP contribution in [0, 0.1) is 11.8 Å². The Hall–Kier alpha value is -3.14. The largest absolute Gasteiger partial charge is 0.350 e. The molecule has 0 fully saturated rings. The van der Waals surface area contributed by atoms with E-state index in [1.165, 1.54) is 5.48 Å². The van der Waals surface area contributed by atoms with Crippen molar-refractivity contribution in [2.75, 3.05) is 6.54 Å². The lowest BCUT2D eigenvalue weighted by molar-refractivity contribution is -0.130. The number of carbonyl (C=O) groups is 2. The van der Waals surface area contributed by atoms with E-state index in [1.54, 1.807) is 24.3 Å². The van der Waals surface area contributed by atoms with Gasteiger partial charge in [-0.1, -0.05) is 30.0 Å². The lowest BCUT2D eigenvalue weighted by Crippen LogP contribution is -2.47. The number of nitrogens with two attached hydrogens (primary N) is 1. The lowest BCUT2D eigenvalue weighted by atomic mass is 10.1. The lowest BCUT2D eigenvalue weighted by Gasteiger charge is -2.10. The third-order valence-corrected chi connectivity index (χ3v) is 3.20. The molecule has 0 saturated heterocycles. The summed E-state index contributed by atoms with van der Waals surface area (Å²) in [6, 6.07) is 15.3. The Morgan fingerprint density at radius 2 is 1.58 bits per heavy atom. The first-order valence-electron chi connectivity index (χ1n) is 7.25. The summed E-state index contributed by atoms with van der Waals surface area (Å²) in [5.74, 6) is 4.93. The van der Waals surface area contributed by atoms with E-state index in [2.05, 4.69) is 17.2 Å². The van der Waals surface area contributed by atoms with Crippen molar-refractivity contribution >= 4 is 11.8 Å². The quantitative estimate of drug-likeness (QED) is 0.377. The van der Waals surface area contributed by atoms with E-state index >= 15 is 0 Å². The van der Waals surface area contributed by atoms with E-state index in [-0.39, 0.29) is 12.5 Å². The maximum absolute atomic E-state index is 12.0. The van der Waals surface area contributed by atoms with Crippen molar-refractivity contribution in [3.8, 4) is 11.8 Å². The van der Waals surface area contributed by atoms with Gasteiger partial charge in [0.2, 0.25) is 0 Å². The van der Waals surface area contributed by atoms with E-state index in [0.29, 0.717) is 5.56 Å². The number of rotatable bonds is 4. The summed E-state index contributed by atoms with van der Waals surface area (Å²) in [7, 11) is 0. The average molecular weight is 323 g/mol. The highest BCUT2D eigenvalue weighted by Gasteiger charge is 2.14. The molecule has 0 spiro atoms. The van der Waals surface area contributed by atoms with Crippen LogP contribution in [0.3, 0.4) is 0 Å². The Labute approximate surface area is 139 Å². The number of benzene rings is 2. The molecule has 2 amide bonds. The van der Waals surface area contributed by atoms with Gasteiger partial charge in [-0.2, -0.15) is 0 Å². The summed E-state index contributed by atoms with van der Waals surface area (Å²) >= 11 is 0. The van der Waals surface area contributed by atoms with E-state index in [1.807, 2.05) is 30.3 Å². The Kier molecular flexibility index (Phi) is 6.08. The van der Waals surface area contributed by atoms with Crippen molar-refractivity contribution in [1.82, 2.24) is 10.8 Å².